The lowest BCUT2D eigenvalue weighted by Crippen LogP contribution is -2.59. The van der Waals surface area contributed by atoms with Gasteiger partial charge in [-0.25, -0.2) is 0 Å². The first-order chi connectivity index (χ1) is 8.53. The molecule has 0 radical (unpaired) electrons. The summed E-state index contributed by atoms with van der Waals surface area (Å²) in [6.07, 6.45) is 0. The second-order valence-electron chi connectivity index (χ2n) is 5.58. The monoisotopic (exact) mass is 242 g/mol. The van der Waals surface area contributed by atoms with Gasteiger partial charge < -0.3 is 5.11 Å². The number of nitrogens with zero attached hydrogens (tertiary/aromatic N) is 2. The Bertz CT molecular complexity index is 584. The van der Waals surface area contributed by atoms with Crippen molar-refractivity contribution in [1.29, 1.82) is 0 Å². The smallest absolute Gasteiger partial charge is 0.0872 e. The van der Waals surface area contributed by atoms with E-state index in [2.05, 4.69) is 34.1 Å². The molecule has 3 nitrogen and oxygen atoms in total. The Hall–Kier alpha value is -1.45. The van der Waals surface area contributed by atoms with Gasteiger partial charge in [-0.15, -0.1) is 0 Å². The Labute approximate surface area is 107 Å². The lowest BCUT2D eigenvalue weighted by molar-refractivity contribution is -0.0869. The highest BCUT2D eigenvalue weighted by molar-refractivity contribution is 5.82. The summed E-state index contributed by atoms with van der Waals surface area (Å²) in [4.78, 5) is 6.81. The molecule has 0 saturated carbocycles. The van der Waals surface area contributed by atoms with Crippen LogP contribution >= 0.6 is 0 Å². The molecule has 94 valence electrons. The van der Waals surface area contributed by atoms with Crippen LogP contribution in [0.25, 0.3) is 10.9 Å². The second-order valence-corrected chi connectivity index (χ2v) is 5.58. The number of hydrogen-bond donors (Lipinski definition) is 1. The highest BCUT2D eigenvalue weighted by atomic mass is 16.3. The van der Waals surface area contributed by atoms with Gasteiger partial charge in [0, 0.05) is 30.7 Å². The number of aliphatic hydroxyl groups is 1. The Morgan fingerprint density at radius 2 is 2.06 bits per heavy atom. The first kappa shape index (κ1) is 11.6. The predicted molar refractivity (Wildman–Crippen MR) is 72.4 cm³/mol. The van der Waals surface area contributed by atoms with E-state index in [1.54, 1.807) is 0 Å². The fraction of sp³-hybridized carbons (Fsp3) is 0.400. The van der Waals surface area contributed by atoms with Crippen LogP contribution in [-0.4, -0.2) is 33.7 Å². The number of aryl methyl sites for hydroxylation is 1. The van der Waals surface area contributed by atoms with Crippen molar-refractivity contribution >= 4 is 10.9 Å². The van der Waals surface area contributed by atoms with Crippen molar-refractivity contribution in [2.24, 2.45) is 0 Å². The maximum Gasteiger partial charge on any atom is 0.0872 e. The third-order valence-electron chi connectivity index (χ3n) is 3.45. The largest absolute Gasteiger partial charge is 0.388 e. The molecule has 0 unspecified atom stereocenters. The van der Waals surface area contributed by atoms with Crippen LogP contribution in [0.15, 0.2) is 30.3 Å². The van der Waals surface area contributed by atoms with Gasteiger partial charge in [0.05, 0.1) is 11.1 Å². The molecule has 1 aromatic carbocycles. The summed E-state index contributed by atoms with van der Waals surface area (Å²) in [5.74, 6) is 0. The first-order valence-corrected chi connectivity index (χ1v) is 6.33. The topological polar surface area (TPSA) is 36.4 Å². The standard InChI is InChI=1S/C15H18N2O/c1-11-7-12(8-17-9-15(2,18)10-17)13-5-3-4-6-14(13)16-11/h3-7,18H,8-10H2,1-2H3. The Balaban J connectivity index is 1.92. The van der Waals surface area contributed by atoms with E-state index in [0.29, 0.717) is 0 Å². The molecule has 2 heterocycles. The highest BCUT2D eigenvalue weighted by Gasteiger charge is 2.36. The number of β-amino-alcohol motifs (C(OH)–C–C–N with tert-alkyl or cyclic N) is 1. The first-order valence-electron chi connectivity index (χ1n) is 6.33. The molecular weight excluding hydrogens is 224 g/mol. The molecule has 3 rings (SSSR count). The molecule has 0 aliphatic carbocycles. The molecule has 2 aromatic rings. The van der Waals surface area contributed by atoms with Crippen LogP contribution in [0.5, 0.6) is 0 Å². The molecular formula is C15H18N2O. The predicted octanol–water partition coefficient (Wildman–Crippen LogP) is 2.11. The van der Waals surface area contributed by atoms with Gasteiger partial charge >= 0.3 is 0 Å². The van der Waals surface area contributed by atoms with Gasteiger partial charge in [0.25, 0.3) is 0 Å². The van der Waals surface area contributed by atoms with E-state index < -0.39 is 5.60 Å². The van der Waals surface area contributed by atoms with E-state index in [1.165, 1.54) is 10.9 Å². The zero-order valence-corrected chi connectivity index (χ0v) is 10.8. The molecule has 0 spiro atoms. The van der Waals surface area contributed by atoms with Crippen molar-refractivity contribution in [3.05, 3.63) is 41.6 Å². The number of fused-ring (bicyclic) bond motifs is 1. The molecule has 0 amide bonds. The number of aromatic nitrogens is 1. The van der Waals surface area contributed by atoms with Gasteiger partial charge in [0.15, 0.2) is 0 Å². The van der Waals surface area contributed by atoms with Crippen LogP contribution in [-0.2, 0) is 6.54 Å². The van der Waals surface area contributed by atoms with Crippen molar-refractivity contribution < 1.29 is 5.11 Å². The molecule has 0 bridgehead atoms. The summed E-state index contributed by atoms with van der Waals surface area (Å²) < 4.78 is 0. The molecule has 1 aliphatic rings. The quantitative estimate of drug-likeness (QED) is 0.876. The van der Waals surface area contributed by atoms with E-state index >= 15 is 0 Å². The number of likely N-dealkylation sites (tertiary alicyclic amines) is 1. The van der Waals surface area contributed by atoms with Crippen LogP contribution in [0, 0.1) is 6.92 Å². The van der Waals surface area contributed by atoms with Gasteiger partial charge in [-0.3, -0.25) is 9.88 Å². The summed E-state index contributed by atoms with van der Waals surface area (Å²) in [7, 11) is 0. The van der Waals surface area contributed by atoms with Crippen molar-refractivity contribution in [2.45, 2.75) is 26.0 Å². The molecule has 0 atom stereocenters. The highest BCUT2D eigenvalue weighted by Crippen LogP contribution is 2.25. The molecule has 3 heteroatoms. The number of hydrogen-bond acceptors (Lipinski definition) is 3. The maximum absolute atomic E-state index is 9.78. The minimum absolute atomic E-state index is 0.502. The van der Waals surface area contributed by atoms with E-state index in [0.717, 1.165) is 30.8 Å². The average molecular weight is 242 g/mol. The van der Waals surface area contributed by atoms with Crippen molar-refractivity contribution in [3.63, 3.8) is 0 Å². The van der Waals surface area contributed by atoms with Crippen LogP contribution < -0.4 is 0 Å². The summed E-state index contributed by atoms with van der Waals surface area (Å²) in [5, 5.41) is 11.0. The number of rotatable bonds is 2. The van der Waals surface area contributed by atoms with E-state index in [4.69, 9.17) is 0 Å². The lowest BCUT2D eigenvalue weighted by Gasteiger charge is -2.44. The molecule has 1 aromatic heterocycles. The van der Waals surface area contributed by atoms with Crippen LogP contribution in [0.3, 0.4) is 0 Å². The third kappa shape index (κ3) is 2.11. The summed E-state index contributed by atoms with van der Waals surface area (Å²) in [6, 6.07) is 10.4. The minimum atomic E-state index is -0.502. The number of pyridine rings is 1. The Morgan fingerprint density at radius 1 is 1.33 bits per heavy atom. The molecule has 1 saturated heterocycles. The van der Waals surface area contributed by atoms with Crippen molar-refractivity contribution in [3.8, 4) is 0 Å². The zero-order chi connectivity index (χ0) is 12.8. The van der Waals surface area contributed by atoms with Gasteiger partial charge in [0.2, 0.25) is 0 Å². The van der Waals surface area contributed by atoms with Gasteiger partial charge in [-0.1, -0.05) is 18.2 Å². The average Bonchev–Trinajstić information content (AvgIpc) is 2.26. The van der Waals surface area contributed by atoms with E-state index in [-0.39, 0.29) is 0 Å². The second kappa shape index (κ2) is 4.04. The zero-order valence-electron chi connectivity index (χ0n) is 10.8. The molecule has 1 fully saturated rings. The van der Waals surface area contributed by atoms with Crippen LogP contribution in [0.2, 0.25) is 0 Å². The fourth-order valence-corrected chi connectivity index (χ4v) is 2.80. The van der Waals surface area contributed by atoms with E-state index in [9.17, 15) is 5.11 Å². The minimum Gasteiger partial charge on any atom is -0.388 e. The maximum atomic E-state index is 9.78. The molecule has 1 aliphatic heterocycles. The normalized spacial score (nSPS) is 18.8. The third-order valence-corrected chi connectivity index (χ3v) is 3.45. The molecule has 18 heavy (non-hydrogen) atoms. The summed E-state index contributed by atoms with van der Waals surface area (Å²) in [6.45, 7) is 6.31. The molecule has 1 N–H and O–H groups in total. The van der Waals surface area contributed by atoms with Gasteiger partial charge in [-0.2, -0.15) is 0 Å². The van der Waals surface area contributed by atoms with E-state index in [1.807, 2.05) is 19.9 Å². The van der Waals surface area contributed by atoms with Crippen molar-refractivity contribution in [2.75, 3.05) is 13.1 Å². The van der Waals surface area contributed by atoms with Gasteiger partial charge in [0.1, 0.15) is 0 Å². The SMILES string of the molecule is Cc1cc(CN2CC(C)(O)C2)c2ccccc2n1. The van der Waals surface area contributed by atoms with Crippen molar-refractivity contribution in [1.82, 2.24) is 9.88 Å². The van der Waals surface area contributed by atoms with Crippen LogP contribution in [0.4, 0.5) is 0 Å². The number of para-hydroxylation sites is 1. The summed E-state index contributed by atoms with van der Waals surface area (Å²) in [5.41, 5.74) is 2.90. The Morgan fingerprint density at radius 3 is 2.78 bits per heavy atom. The summed E-state index contributed by atoms with van der Waals surface area (Å²) >= 11 is 0. The lowest BCUT2D eigenvalue weighted by atomic mass is 9.95. The fourth-order valence-electron chi connectivity index (χ4n) is 2.80. The van der Waals surface area contributed by atoms with Crippen LogP contribution in [0.1, 0.15) is 18.2 Å². The van der Waals surface area contributed by atoms with Gasteiger partial charge in [-0.05, 0) is 31.5 Å². The Kier molecular flexibility index (Phi) is 2.61. The number of benzene rings is 1.